The summed E-state index contributed by atoms with van der Waals surface area (Å²) in [6, 6.07) is 1.03. The van der Waals surface area contributed by atoms with Crippen LogP contribution in [0.25, 0.3) is 0 Å². The van der Waals surface area contributed by atoms with Crippen molar-refractivity contribution in [2.45, 2.75) is 63.1 Å². The van der Waals surface area contributed by atoms with Gasteiger partial charge in [-0.1, -0.05) is 19.3 Å². The molecule has 0 aromatic carbocycles. The number of piperidine rings is 1. The molecule has 0 radical (unpaired) electrons. The number of likely N-dealkylation sites (tertiary alicyclic amines) is 1. The minimum absolute atomic E-state index is 0.109. The van der Waals surface area contributed by atoms with Gasteiger partial charge in [0.25, 0.3) is 0 Å². The Balaban J connectivity index is 1.72. The zero-order valence-electron chi connectivity index (χ0n) is 10.5. The van der Waals surface area contributed by atoms with Gasteiger partial charge < -0.3 is 15.3 Å². The molecule has 1 saturated carbocycles. The number of hydrogen-bond acceptors (Lipinski definition) is 3. The molecule has 0 bridgehead atoms. The van der Waals surface area contributed by atoms with Crippen LogP contribution in [0.4, 0.5) is 0 Å². The standard InChI is InChI=1S/C13H26N2O/c1-15-9-5-4-6-11(15)10-14-12-7-2-3-8-13(12)16/h11-14,16H,2-10H2,1H3/t11?,12-,13-/m0/s1. The quantitative estimate of drug-likeness (QED) is 0.763. The Morgan fingerprint density at radius 3 is 2.62 bits per heavy atom. The van der Waals surface area contributed by atoms with E-state index in [1.54, 1.807) is 0 Å². The van der Waals surface area contributed by atoms with E-state index in [9.17, 15) is 5.11 Å². The largest absolute Gasteiger partial charge is 0.392 e. The monoisotopic (exact) mass is 226 g/mol. The van der Waals surface area contributed by atoms with Gasteiger partial charge in [-0.15, -0.1) is 0 Å². The third-order valence-electron chi connectivity index (χ3n) is 4.27. The number of likely N-dealkylation sites (N-methyl/N-ethyl adjacent to an activating group) is 1. The topological polar surface area (TPSA) is 35.5 Å². The van der Waals surface area contributed by atoms with Crippen molar-refractivity contribution in [1.29, 1.82) is 0 Å². The Kier molecular flexibility index (Phi) is 4.62. The average Bonchev–Trinajstić information content (AvgIpc) is 2.30. The van der Waals surface area contributed by atoms with Crippen molar-refractivity contribution < 1.29 is 5.11 Å². The molecule has 3 atom stereocenters. The van der Waals surface area contributed by atoms with Gasteiger partial charge in [-0.3, -0.25) is 0 Å². The Bertz CT molecular complexity index is 188. The van der Waals surface area contributed by atoms with Gasteiger partial charge in [0, 0.05) is 18.6 Å². The van der Waals surface area contributed by atoms with E-state index in [1.807, 2.05) is 0 Å². The van der Waals surface area contributed by atoms with Gasteiger partial charge in [-0.05, 0) is 39.3 Å². The lowest BCUT2D eigenvalue weighted by atomic mass is 9.92. The molecule has 0 aromatic heterocycles. The van der Waals surface area contributed by atoms with Crippen molar-refractivity contribution in [3.63, 3.8) is 0 Å². The Morgan fingerprint density at radius 2 is 1.88 bits per heavy atom. The molecule has 1 saturated heterocycles. The summed E-state index contributed by atoms with van der Waals surface area (Å²) in [5, 5.41) is 13.5. The van der Waals surface area contributed by atoms with E-state index in [-0.39, 0.29) is 6.10 Å². The summed E-state index contributed by atoms with van der Waals surface area (Å²) in [6.45, 7) is 2.29. The van der Waals surface area contributed by atoms with Gasteiger partial charge in [0.15, 0.2) is 0 Å². The van der Waals surface area contributed by atoms with Crippen LogP contribution in [0.15, 0.2) is 0 Å². The van der Waals surface area contributed by atoms with Gasteiger partial charge >= 0.3 is 0 Å². The van der Waals surface area contributed by atoms with Crippen molar-refractivity contribution >= 4 is 0 Å². The number of aliphatic hydroxyl groups is 1. The normalized spacial score (nSPS) is 37.5. The Labute approximate surface area is 99.2 Å². The predicted octanol–water partition coefficient (Wildman–Crippen LogP) is 1.36. The van der Waals surface area contributed by atoms with Crippen LogP contribution in [0.2, 0.25) is 0 Å². The smallest absolute Gasteiger partial charge is 0.0693 e. The van der Waals surface area contributed by atoms with Crippen molar-refractivity contribution in [3.05, 3.63) is 0 Å². The summed E-state index contributed by atoms with van der Waals surface area (Å²) in [7, 11) is 2.23. The SMILES string of the molecule is CN1CCCCC1CN[C@H]1CCCC[C@@H]1O. The maximum absolute atomic E-state index is 9.89. The molecule has 3 nitrogen and oxygen atoms in total. The summed E-state index contributed by atoms with van der Waals surface area (Å²) in [5.41, 5.74) is 0. The van der Waals surface area contributed by atoms with Crippen LogP contribution in [-0.2, 0) is 0 Å². The van der Waals surface area contributed by atoms with Crippen LogP contribution < -0.4 is 5.32 Å². The molecule has 16 heavy (non-hydrogen) atoms. The molecule has 2 aliphatic rings. The number of aliphatic hydroxyl groups excluding tert-OH is 1. The molecule has 2 N–H and O–H groups in total. The number of hydrogen-bond donors (Lipinski definition) is 2. The number of nitrogens with one attached hydrogen (secondary N) is 1. The summed E-state index contributed by atoms with van der Waals surface area (Å²) in [4.78, 5) is 2.46. The molecule has 0 amide bonds. The molecule has 0 aromatic rings. The predicted molar refractivity (Wildman–Crippen MR) is 66.5 cm³/mol. The lowest BCUT2D eigenvalue weighted by molar-refractivity contribution is 0.0829. The lowest BCUT2D eigenvalue weighted by Gasteiger charge is -2.35. The van der Waals surface area contributed by atoms with Crippen molar-refractivity contribution in [2.75, 3.05) is 20.1 Å². The Morgan fingerprint density at radius 1 is 1.12 bits per heavy atom. The molecule has 2 rings (SSSR count). The van der Waals surface area contributed by atoms with Crippen molar-refractivity contribution in [1.82, 2.24) is 10.2 Å². The molecule has 0 spiro atoms. The highest BCUT2D eigenvalue weighted by molar-refractivity contribution is 4.84. The van der Waals surface area contributed by atoms with E-state index in [1.165, 1.54) is 38.6 Å². The molecular formula is C13H26N2O. The zero-order valence-corrected chi connectivity index (χ0v) is 10.5. The van der Waals surface area contributed by atoms with E-state index in [2.05, 4.69) is 17.3 Å². The fourth-order valence-corrected chi connectivity index (χ4v) is 3.04. The van der Waals surface area contributed by atoms with Crippen molar-refractivity contribution in [2.24, 2.45) is 0 Å². The molecular weight excluding hydrogens is 200 g/mol. The molecule has 1 unspecified atom stereocenters. The fraction of sp³-hybridized carbons (Fsp3) is 1.00. The van der Waals surface area contributed by atoms with Gasteiger partial charge in [0.2, 0.25) is 0 Å². The van der Waals surface area contributed by atoms with E-state index in [0.29, 0.717) is 12.1 Å². The van der Waals surface area contributed by atoms with Gasteiger partial charge in [0.1, 0.15) is 0 Å². The highest BCUT2D eigenvalue weighted by Gasteiger charge is 2.25. The van der Waals surface area contributed by atoms with Crippen LogP contribution in [-0.4, -0.2) is 48.3 Å². The molecule has 2 fully saturated rings. The highest BCUT2D eigenvalue weighted by Crippen LogP contribution is 2.19. The second-order valence-corrected chi connectivity index (χ2v) is 5.50. The Hall–Kier alpha value is -0.120. The maximum atomic E-state index is 9.89. The van der Waals surface area contributed by atoms with Crippen LogP contribution >= 0.6 is 0 Å². The zero-order chi connectivity index (χ0) is 11.4. The number of nitrogens with zero attached hydrogens (tertiary/aromatic N) is 1. The molecule has 3 heteroatoms. The summed E-state index contributed by atoms with van der Waals surface area (Å²) in [6.07, 6.45) is 8.52. The first kappa shape index (κ1) is 12.3. The number of rotatable bonds is 3. The van der Waals surface area contributed by atoms with E-state index in [0.717, 1.165) is 19.4 Å². The van der Waals surface area contributed by atoms with E-state index in [4.69, 9.17) is 0 Å². The average molecular weight is 226 g/mol. The highest BCUT2D eigenvalue weighted by atomic mass is 16.3. The second kappa shape index (κ2) is 5.99. The van der Waals surface area contributed by atoms with Crippen LogP contribution in [0.1, 0.15) is 44.9 Å². The first-order valence-corrected chi connectivity index (χ1v) is 6.89. The van der Waals surface area contributed by atoms with E-state index < -0.39 is 0 Å². The van der Waals surface area contributed by atoms with Gasteiger partial charge in [0.05, 0.1) is 6.10 Å². The van der Waals surface area contributed by atoms with Crippen LogP contribution in [0.3, 0.4) is 0 Å². The molecule has 1 aliphatic carbocycles. The molecule has 1 aliphatic heterocycles. The fourth-order valence-electron chi connectivity index (χ4n) is 3.04. The second-order valence-electron chi connectivity index (χ2n) is 5.50. The minimum Gasteiger partial charge on any atom is -0.392 e. The van der Waals surface area contributed by atoms with Gasteiger partial charge in [-0.2, -0.15) is 0 Å². The van der Waals surface area contributed by atoms with Crippen LogP contribution in [0.5, 0.6) is 0 Å². The van der Waals surface area contributed by atoms with E-state index >= 15 is 0 Å². The summed E-state index contributed by atoms with van der Waals surface area (Å²) >= 11 is 0. The van der Waals surface area contributed by atoms with Crippen LogP contribution in [0, 0.1) is 0 Å². The first-order chi connectivity index (χ1) is 7.77. The maximum Gasteiger partial charge on any atom is 0.0693 e. The van der Waals surface area contributed by atoms with Crippen molar-refractivity contribution in [3.8, 4) is 0 Å². The summed E-state index contributed by atoms with van der Waals surface area (Å²) in [5.74, 6) is 0. The molecule has 1 heterocycles. The first-order valence-electron chi connectivity index (χ1n) is 6.89. The minimum atomic E-state index is -0.109. The summed E-state index contributed by atoms with van der Waals surface area (Å²) < 4.78 is 0. The molecule has 94 valence electrons. The third kappa shape index (κ3) is 3.19. The third-order valence-corrected chi connectivity index (χ3v) is 4.27. The lowest BCUT2D eigenvalue weighted by Crippen LogP contribution is -2.49. The van der Waals surface area contributed by atoms with Gasteiger partial charge in [-0.25, -0.2) is 0 Å².